The molecule has 0 radical (unpaired) electrons. The van der Waals surface area contributed by atoms with Gasteiger partial charge in [0, 0.05) is 19.5 Å². The zero-order valence-corrected chi connectivity index (χ0v) is 10.5. The average molecular weight is 244 g/mol. The van der Waals surface area contributed by atoms with Crippen molar-refractivity contribution in [2.75, 3.05) is 12.9 Å². The van der Waals surface area contributed by atoms with Gasteiger partial charge in [-0.1, -0.05) is 11.8 Å². The molecule has 0 fully saturated rings. The van der Waals surface area contributed by atoms with E-state index in [1.165, 1.54) is 11.8 Å². The third kappa shape index (κ3) is 3.86. The lowest BCUT2D eigenvalue weighted by Gasteiger charge is -2.24. The Morgan fingerprint density at radius 1 is 1.69 bits per heavy atom. The fourth-order valence-electron chi connectivity index (χ4n) is 1.16. The maximum Gasteiger partial charge on any atom is 0.313 e. The summed E-state index contributed by atoms with van der Waals surface area (Å²) in [5, 5.41) is 9.30. The number of carbonyl (C=O) groups is 1. The molecule has 6 heteroatoms. The minimum Gasteiger partial charge on any atom is -0.481 e. The molecule has 0 saturated carbocycles. The van der Waals surface area contributed by atoms with Gasteiger partial charge in [-0.25, -0.2) is 4.98 Å². The molecule has 1 aromatic rings. The van der Waals surface area contributed by atoms with Crippen molar-refractivity contribution in [2.24, 2.45) is 0 Å². The molecule has 1 aromatic heterocycles. The highest BCUT2D eigenvalue weighted by molar-refractivity contribution is 7.99. The summed E-state index contributed by atoms with van der Waals surface area (Å²) in [6.45, 7) is 4.59. The van der Waals surface area contributed by atoms with E-state index < -0.39 is 5.97 Å². The molecule has 1 N–H and O–H groups in total. The molecule has 0 aliphatic rings. The van der Waals surface area contributed by atoms with E-state index in [0.29, 0.717) is 11.7 Å². The first-order chi connectivity index (χ1) is 7.44. The quantitative estimate of drug-likeness (QED) is 0.768. The fourth-order valence-corrected chi connectivity index (χ4v) is 1.84. The number of aliphatic carboxylic acids is 1. The smallest absolute Gasteiger partial charge is 0.313 e. The minimum atomic E-state index is -0.842. The zero-order chi connectivity index (χ0) is 12.2. The Hall–Kier alpha value is -1.01. The molecule has 0 aliphatic heterocycles. The molecule has 0 saturated heterocycles. The summed E-state index contributed by atoms with van der Waals surface area (Å²) < 4.78 is 7.22. The van der Waals surface area contributed by atoms with E-state index in [0.717, 1.165) is 0 Å². The zero-order valence-electron chi connectivity index (χ0n) is 9.64. The average Bonchev–Trinajstić information content (AvgIpc) is 2.61. The summed E-state index contributed by atoms with van der Waals surface area (Å²) >= 11 is 1.21. The van der Waals surface area contributed by atoms with Gasteiger partial charge in [-0.2, -0.15) is 0 Å². The number of imidazole rings is 1. The van der Waals surface area contributed by atoms with Crippen LogP contribution in [0.15, 0.2) is 17.6 Å². The predicted octanol–water partition coefficient (Wildman–Crippen LogP) is 1.48. The monoisotopic (exact) mass is 244 g/mol. The molecule has 0 aliphatic carbocycles. The standard InChI is InChI=1S/C10H16N2O3S/c1-10(2,15-3)7-12-5-4-11-9(12)16-6-8(13)14/h4-5H,6-7H2,1-3H3,(H,13,14). The van der Waals surface area contributed by atoms with Crippen molar-refractivity contribution in [3.05, 3.63) is 12.4 Å². The highest BCUT2D eigenvalue weighted by atomic mass is 32.2. The molecule has 0 atom stereocenters. The van der Waals surface area contributed by atoms with Crippen LogP contribution in [0.5, 0.6) is 0 Å². The van der Waals surface area contributed by atoms with E-state index in [9.17, 15) is 4.79 Å². The van der Waals surface area contributed by atoms with Crippen LogP contribution in [0.3, 0.4) is 0 Å². The second kappa shape index (κ2) is 5.36. The molecule has 0 aromatic carbocycles. The second-order valence-corrected chi connectivity index (χ2v) is 4.93. The van der Waals surface area contributed by atoms with Crippen LogP contribution >= 0.6 is 11.8 Å². The van der Waals surface area contributed by atoms with E-state index in [-0.39, 0.29) is 11.4 Å². The molecule has 0 spiro atoms. The lowest BCUT2D eigenvalue weighted by Crippen LogP contribution is -2.29. The third-order valence-electron chi connectivity index (χ3n) is 2.11. The van der Waals surface area contributed by atoms with Gasteiger partial charge in [-0.05, 0) is 13.8 Å². The molecular weight excluding hydrogens is 228 g/mol. The molecule has 1 heterocycles. The van der Waals surface area contributed by atoms with Crippen molar-refractivity contribution in [2.45, 2.75) is 31.1 Å². The molecular formula is C10H16N2O3S. The van der Waals surface area contributed by atoms with Crippen LogP contribution in [0, 0.1) is 0 Å². The lowest BCUT2D eigenvalue weighted by molar-refractivity contribution is -0.133. The maximum atomic E-state index is 10.5. The number of methoxy groups -OCH3 is 1. The first-order valence-electron chi connectivity index (χ1n) is 4.85. The van der Waals surface area contributed by atoms with Gasteiger partial charge in [0.1, 0.15) is 0 Å². The molecule has 0 unspecified atom stereocenters. The van der Waals surface area contributed by atoms with Gasteiger partial charge in [-0.3, -0.25) is 4.79 Å². The number of thioether (sulfide) groups is 1. The Labute approximate surface area is 98.8 Å². The second-order valence-electron chi connectivity index (χ2n) is 3.98. The van der Waals surface area contributed by atoms with Crippen molar-refractivity contribution in [1.82, 2.24) is 9.55 Å². The maximum absolute atomic E-state index is 10.5. The predicted molar refractivity (Wildman–Crippen MR) is 61.7 cm³/mol. The highest BCUT2D eigenvalue weighted by Crippen LogP contribution is 2.19. The fraction of sp³-hybridized carbons (Fsp3) is 0.600. The third-order valence-corrected chi connectivity index (χ3v) is 3.10. The van der Waals surface area contributed by atoms with Crippen molar-refractivity contribution < 1.29 is 14.6 Å². The highest BCUT2D eigenvalue weighted by Gasteiger charge is 2.19. The van der Waals surface area contributed by atoms with Crippen LogP contribution in [0.1, 0.15) is 13.8 Å². The number of aromatic nitrogens is 2. The number of hydrogen-bond acceptors (Lipinski definition) is 4. The number of ether oxygens (including phenoxy) is 1. The SMILES string of the molecule is COC(C)(C)Cn1ccnc1SCC(=O)O. The largest absolute Gasteiger partial charge is 0.481 e. The number of carboxylic acid groups (broad SMARTS) is 1. The number of carboxylic acids is 1. The normalized spacial score (nSPS) is 11.7. The molecule has 5 nitrogen and oxygen atoms in total. The lowest BCUT2D eigenvalue weighted by atomic mass is 10.1. The van der Waals surface area contributed by atoms with Crippen LogP contribution in [0.25, 0.3) is 0 Å². The van der Waals surface area contributed by atoms with Gasteiger partial charge in [0.15, 0.2) is 5.16 Å². The van der Waals surface area contributed by atoms with Gasteiger partial charge < -0.3 is 14.4 Å². The van der Waals surface area contributed by atoms with Gasteiger partial charge in [0.2, 0.25) is 0 Å². The molecule has 0 amide bonds. The topological polar surface area (TPSA) is 64.4 Å². The van der Waals surface area contributed by atoms with E-state index in [1.54, 1.807) is 13.3 Å². The minimum absolute atomic E-state index is 0.0183. The van der Waals surface area contributed by atoms with Crippen LogP contribution in [-0.2, 0) is 16.1 Å². The first-order valence-corrected chi connectivity index (χ1v) is 5.84. The van der Waals surface area contributed by atoms with Crippen molar-refractivity contribution >= 4 is 17.7 Å². The Kier molecular flexibility index (Phi) is 4.37. The van der Waals surface area contributed by atoms with Gasteiger partial charge in [0.05, 0.1) is 17.9 Å². The first kappa shape index (κ1) is 13.1. The van der Waals surface area contributed by atoms with Gasteiger partial charge in [-0.15, -0.1) is 0 Å². The summed E-state index contributed by atoms with van der Waals surface area (Å²) in [6, 6.07) is 0. The Morgan fingerprint density at radius 2 is 2.38 bits per heavy atom. The van der Waals surface area contributed by atoms with Crippen LogP contribution in [0.2, 0.25) is 0 Å². The molecule has 16 heavy (non-hydrogen) atoms. The molecule has 90 valence electrons. The summed E-state index contributed by atoms with van der Waals surface area (Å²) in [7, 11) is 1.65. The summed E-state index contributed by atoms with van der Waals surface area (Å²) in [4.78, 5) is 14.6. The summed E-state index contributed by atoms with van der Waals surface area (Å²) in [5.41, 5.74) is -0.292. The Morgan fingerprint density at radius 3 is 2.94 bits per heavy atom. The Bertz CT molecular complexity index is 363. The van der Waals surface area contributed by atoms with Crippen LogP contribution in [-0.4, -0.2) is 39.1 Å². The van der Waals surface area contributed by atoms with Gasteiger partial charge in [0.25, 0.3) is 0 Å². The van der Waals surface area contributed by atoms with Gasteiger partial charge >= 0.3 is 5.97 Å². The van der Waals surface area contributed by atoms with Crippen molar-refractivity contribution in [3.63, 3.8) is 0 Å². The Balaban J connectivity index is 2.67. The van der Waals surface area contributed by atoms with E-state index >= 15 is 0 Å². The van der Waals surface area contributed by atoms with E-state index in [2.05, 4.69) is 4.98 Å². The van der Waals surface area contributed by atoms with Crippen LogP contribution < -0.4 is 0 Å². The molecule has 0 bridgehead atoms. The van der Waals surface area contributed by atoms with E-state index in [1.807, 2.05) is 24.6 Å². The molecule has 1 rings (SSSR count). The number of nitrogens with zero attached hydrogens (tertiary/aromatic N) is 2. The van der Waals surface area contributed by atoms with Crippen LogP contribution in [0.4, 0.5) is 0 Å². The number of rotatable bonds is 6. The van der Waals surface area contributed by atoms with Crippen molar-refractivity contribution in [3.8, 4) is 0 Å². The van der Waals surface area contributed by atoms with E-state index in [4.69, 9.17) is 9.84 Å². The summed E-state index contributed by atoms with van der Waals surface area (Å²) in [5.74, 6) is -0.824. The summed E-state index contributed by atoms with van der Waals surface area (Å²) in [6.07, 6.45) is 3.49. The number of hydrogen-bond donors (Lipinski definition) is 1. The van der Waals surface area contributed by atoms with Crippen molar-refractivity contribution in [1.29, 1.82) is 0 Å².